The van der Waals surface area contributed by atoms with Gasteiger partial charge >= 0.3 is 11.9 Å². The molecule has 2 aliphatic rings. The number of esters is 2. The second kappa shape index (κ2) is 8.35. The van der Waals surface area contributed by atoms with Gasteiger partial charge in [0, 0.05) is 12.2 Å². The van der Waals surface area contributed by atoms with Gasteiger partial charge in [-0.05, 0) is 50.4 Å². The largest absolute Gasteiger partial charge is 0.459 e. The van der Waals surface area contributed by atoms with Crippen molar-refractivity contribution in [3.8, 4) is 0 Å². The topological polar surface area (TPSA) is 52.6 Å². The smallest absolute Gasteiger partial charge is 0.331 e. The summed E-state index contributed by atoms with van der Waals surface area (Å²) in [6, 6.07) is 0. The molecule has 0 aromatic heterocycles. The van der Waals surface area contributed by atoms with Gasteiger partial charge in [-0.25, -0.2) is 9.59 Å². The molecular formula is C18H28O4. The van der Waals surface area contributed by atoms with Crippen molar-refractivity contribution >= 4 is 11.9 Å². The zero-order valence-corrected chi connectivity index (χ0v) is 13.8. The van der Waals surface area contributed by atoms with Crippen molar-refractivity contribution in [1.82, 2.24) is 0 Å². The number of hydrogen-bond acceptors (Lipinski definition) is 4. The fourth-order valence-electron chi connectivity index (χ4n) is 3.43. The van der Waals surface area contributed by atoms with Gasteiger partial charge in [-0.2, -0.15) is 0 Å². The van der Waals surface area contributed by atoms with E-state index < -0.39 is 11.9 Å². The van der Waals surface area contributed by atoms with Gasteiger partial charge in [0.1, 0.15) is 12.2 Å². The van der Waals surface area contributed by atoms with Crippen molar-refractivity contribution < 1.29 is 19.1 Å². The Morgan fingerprint density at radius 3 is 1.45 bits per heavy atom. The summed E-state index contributed by atoms with van der Waals surface area (Å²) in [5, 5.41) is 0. The minimum atomic E-state index is -0.438. The van der Waals surface area contributed by atoms with Crippen LogP contribution in [0.15, 0.2) is 12.2 Å². The van der Waals surface area contributed by atoms with E-state index in [2.05, 4.69) is 13.8 Å². The molecule has 0 bridgehead atoms. The maximum Gasteiger partial charge on any atom is 0.331 e. The average Bonchev–Trinajstić information content (AvgIpc) is 2.50. The first-order chi connectivity index (χ1) is 10.6. The predicted octanol–water partition coefficient (Wildman–Crippen LogP) is 3.79. The number of ether oxygens (including phenoxy) is 2. The lowest BCUT2D eigenvalue weighted by molar-refractivity contribution is -0.149. The Bertz CT molecular complexity index is 377. The van der Waals surface area contributed by atoms with Crippen LogP contribution in [0.1, 0.15) is 65.2 Å². The van der Waals surface area contributed by atoms with Crippen molar-refractivity contribution in [2.45, 2.75) is 77.4 Å². The summed E-state index contributed by atoms with van der Waals surface area (Å²) in [6.07, 6.45) is 11.0. The Morgan fingerprint density at radius 1 is 0.727 bits per heavy atom. The standard InChI is InChI=1S/C18H28O4/c1-13-7-3-5-9-15(13)21-17(19)11-12-18(20)22-16-10-6-4-8-14(16)2/h11-16H,3-10H2,1-2H3/b12-11+/t13-,14-,15-,16-/m0/s1. The lowest BCUT2D eigenvalue weighted by atomic mass is 9.88. The summed E-state index contributed by atoms with van der Waals surface area (Å²) in [7, 11) is 0. The van der Waals surface area contributed by atoms with Gasteiger partial charge in [-0.3, -0.25) is 0 Å². The van der Waals surface area contributed by atoms with Crippen LogP contribution in [0, 0.1) is 11.8 Å². The van der Waals surface area contributed by atoms with Crippen molar-refractivity contribution in [1.29, 1.82) is 0 Å². The van der Waals surface area contributed by atoms with Crippen LogP contribution in [0.4, 0.5) is 0 Å². The third-order valence-electron chi connectivity index (χ3n) is 4.96. The molecule has 124 valence electrons. The van der Waals surface area contributed by atoms with E-state index in [1.807, 2.05) is 0 Å². The molecule has 0 N–H and O–H groups in total. The third-order valence-corrected chi connectivity index (χ3v) is 4.96. The van der Waals surface area contributed by atoms with Gasteiger partial charge in [0.05, 0.1) is 0 Å². The Kier molecular flexibility index (Phi) is 6.47. The van der Waals surface area contributed by atoms with Crippen LogP contribution in [-0.4, -0.2) is 24.1 Å². The van der Waals surface area contributed by atoms with Gasteiger partial charge in [0.15, 0.2) is 0 Å². The molecule has 0 radical (unpaired) electrons. The van der Waals surface area contributed by atoms with E-state index in [1.54, 1.807) is 0 Å². The summed E-state index contributed by atoms with van der Waals surface area (Å²) >= 11 is 0. The molecule has 0 amide bonds. The molecule has 0 aromatic carbocycles. The molecule has 0 aromatic rings. The zero-order valence-electron chi connectivity index (χ0n) is 13.8. The van der Waals surface area contributed by atoms with Gasteiger partial charge in [0.2, 0.25) is 0 Å². The van der Waals surface area contributed by atoms with Crippen LogP contribution in [0.25, 0.3) is 0 Å². The van der Waals surface area contributed by atoms with Gasteiger partial charge in [-0.1, -0.05) is 26.7 Å². The highest BCUT2D eigenvalue weighted by atomic mass is 16.5. The molecule has 0 unspecified atom stereocenters. The molecule has 2 rings (SSSR count). The molecule has 2 fully saturated rings. The first kappa shape index (κ1) is 17.0. The SMILES string of the molecule is C[C@H]1CCCC[C@@H]1OC(=O)/C=C/C(=O)O[C@H]1CCCC[C@@H]1C. The molecule has 4 nitrogen and oxygen atoms in total. The second-order valence-electron chi connectivity index (χ2n) is 6.81. The molecule has 4 atom stereocenters. The van der Waals surface area contributed by atoms with E-state index in [0.717, 1.165) is 38.5 Å². The Balaban J connectivity index is 1.75. The van der Waals surface area contributed by atoms with Gasteiger partial charge in [-0.15, -0.1) is 0 Å². The number of carbonyl (C=O) groups excluding carboxylic acids is 2. The molecule has 0 spiro atoms. The van der Waals surface area contributed by atoms with Crippen LogP contribution >= 0.6 is 0 Å². The summed E-state index contributed by atoms with van der Waals surface area (Å²) < 4.78 is 10.9. The van der Waals surface area contributed by atoms with E-state index in [1.165, 1.54) is 25.0 Å². The molecule has 2 saturated carbocycles. The molecule has 0 saturated heterocycles. The average molecular weight is 308 g/mol. The zero-order chi connectivity index (χ0) is 15.9. The summed E-state index contributed by atoms with van der Waals surface area (Å²) in [5.74, 6) is -0.0675. The van der Waals surface area contributed by atoms with Gasteiger partial charge in [0.25, 0.3) is 0 Å². The number of rotatable bonds is 4. The van der Waals surface area contributed by atoms with Crippen molar-refractivity contribution in [2.24, 2.45) is 11.8 Å². The molecule has 4 heteroatoms. The Labute approximate surface area is 133 Å². The van der Waals surface area contributed by atoms with E-state index >= 15 is 0 Å². The maximum absolute atomic E-state index is 11.8. The van der Waals surface area contributed by atoms with Crippen LogP contribution in [-0.2, 0) is 19.1 Å². The summed E-state index contributed by atoms with van der Waals surface area (Å²) in [6.45, 7) is 4.22. The van der Waals surface area contributed by atoms with Crippen molar-refractivity contribution in [3.63, 3.8) is 0 Å². The monoisotopic (exact) mass is 308 g/mol. The normalized spacial score (nSPS) is 32.6. The van der Waals surface area contributed by atoms with E-state index in [4.69, 9.17) is 9.47 Å². The fraction of sp³-hybridized carbons (Fsp3) is 0.778. The highest BCUT2D eigenvalue weighted by Crippen LogP contribution is 2.27. The fourth-order valence-corrected chi connectivity index (χ4v) is 3.43. The van der Waals surface area contributed by atoms with E-state index in [0.29, 0.717) is 11.8 Å². The highest BCUT2D eigenvalue weighted by Gasteiger charge is 2.25. The lowest BCUT2D eigenvalue weighted by Gasteiger charge is -2.28. The van der Waals surface area contributed by atoms with E-state index in [-0.39, 0.29) is 12.2 Å². The van der Waals surface area contributed by atoms with Crippen LogP contribution in [0.2, 0.25) is 0 Å². The minimum Gasteiger partial charge on any atom is -0.459 e. The quantitative estimate of drug-likeness (QED) is 0.586. The Morgan fingerprint density at radius 2 is 1.09 bits per heavy atom. The number of carbonyl (C=O) groups is 2. The minimum absolute atomic E-state index is 0.0136. The van der Waals surface area contributed by atoms with Crippen LogP contribution in [0.3, 0.4) is 0 Å². The summed E-state index contributed by atoms with van der Waals surface area (Å²) in [4.78, 5) is 23.6. The first-order valence-electron chi connectivity index (χ1n) is 8.65. The van der Waals surface area contributed by atoms with Crippen molar-refractivity contribution in [3.05, 3.63) is 12.2 Å². The second-order valence-corrected chi connectivity index (χ2v) is 6.81. The van der Waals surface area contributed by atoms with Gasteiger partial charge < -0.3 is 9.47 Å². The van der Waals surface area contributed by atoms with E-state index in [9.17, 15) is 9.59 Å². The third kappa shape index (κ3) is 5.15. The highest BCUT2D eigenvalue weighted by molar-refractivity contribution is 5.91. The lowest BCUT2D eigenvalue weighted by Crippen LogP contribution is -2.28. The molecule has 0 aliphatic heterocycles. The Hall–Kier alpha value is -1.32. The molecular weight excluding hydrogens is 280 g/mol. The summed E-state index contributed by atoms with van der Waals surface area (Å²) in [5.41, 5.74) is 0. The molecule has 0 heterocycles. The van der Waals surface area contributed by atoms with Crippen LogP contribution < -0.4 is 0 Å². The predicted molar refractivity (Wildman–Crippen MR) is 84.2 cm³/mol. The number of hydrogen-bond donors (Lipinski definition) is 0. The van der Waals surface area contributed by atoms with Crippen LogP contribution in [0.5, 0.6) is 0 Å². The molecule has 22 heavy (non-hydrogen) atoms. The first-order valence-corrected chi connectivity index (χ1v) is 8.65. The van der Waals surface area contributed by atoms with Crippen molar-refractivity contribution in [2.75, 3.05) is 0 Å². The molecule has 2 aliphatic carbocycles. The maximum atomic E-state index is 11.8.